The maximum absolute atomic E-state index is 4.73. The van der Waals surface area contributed by atoms with E-state index in [-0.39, 0.29) is 0 Å². The van der Waals surface area contributed by atoms with Crippen molar-refractivity contribution in [3.8, 4) is 0 Å². The van der Waals surface area contributed by atoms with E-state index in [0.29, 0.717) is 6.04 Å². The lowest BCUT2D eigenvalue weighted by Crippen LogP contribution is -2.50. The average molecular weight is 313 g/mol. The van der Waals surface area contributed by atoms with Crippen LogP contribution < -0.4 is 5.32 Å². The van der Waals surface area contributed by atoms with Gasteiger partial charge in [0.2, 0.25) is 0 Å². The highest BCUT2D eigenvalue weighted by Crippen LogP contribution is 2.25. The largest absolute Gasteiger partial charge is 0.331 e. The third-order valence-corrected chi connectivity index (χ3v) is 4.67. The Bertz CT molecular complexity index is 429. The van der Waals surface area contributed by atoms with Gasteiger partial charge in [0.15, 0.2) is 0 Å². The summed E-state index contributed by atoms with van der Waals surface area (Å²) in [5.74, 6) is 1.25. The zero-order valence-electron chi connectivity index (χ0n) is 11.0. The van der Waals surface area contributed by atoms with Crippen molar-refractivity contribution in [2.45, 2.75) is 38.3 Å². The first-order valence-electron chi connectivity index (χ1n) is 6.90. The Morgan fingerprint density at radius 1 is 1.39 bits per heavy atom. The number of hydrogen-bond donors (Lipinski definition) is 1. The smallest absolute Gasteiger partial charge is 0.127 e. The maximum atomic E-state index is 4.73. The molecule has 0 spiro atoms. The van der Waals surface area contributed by atoms with Crippen molar-refractivity contribution in [2.75, 3.05) is 26.7 Å². The number of aromatic nitrogens is 2. The van der Waals surface area contributed by atoms with E-state index in [2.05, 4.69) is 37.8 Å². The molecule has 1 N–H and O–H groups in total. The molecule has 3 rings (SSSR count). The van der Waals surface area contributed by atoms with Gasteiger partial charge in [-0.15, -0.1) is 0 Å². The third-order valence-electron chi connectivity index (χ3n) is 4.04. The second-order valence-electron chi connectivity index (χ2n) is 5.49. The third kappa shape index (κ3) is 2.49. The van der Waals surface area contributed by atoms with E-state index in [1.165, 1.54) is 30.8 Å². The fourth-order valence-corrected chi connectivity index (χ4v) is 3.69. The summed E-state index contributed by atoms with van der Waals surface area (Å²) in [5, 5.41) is 3.60. The number of imidazole rings is 1. The molecule has 1 atom stereocenters. The quantitative estimate of drug-likeness (QED) is 0.897. The molecule has 0 bridgehead atoms. The Balaban J connectivity index is 1.76. The van der Waals surface area contributed by atoms with Crippen molar-refractivity contribution >= 4 is 15.9 Å². The van der Waals surface area contributed by atoms with Crippen LogP contribution in [0.5, 0.6) is 0 Å². The van der Waals surface area contributed by atoms with Gasteiger partial charge in [0.05, 0.1) is 5.69 Å². The lowest BCUT2D eigenvalue weighted by Gasteiger charge is -2.31. The maximum Gasteiger partial charge on any atom is 0.127 e. The Morgan fingerprint density at radius 2 is 2.28 bits per heavy atom. The normalized spacial score (nSPS) is 25.1. The minimum atomic E-state index is 0.545. The van der Waals surface area contributed by atoms with Crippen LogP contribution in [0.15, 0.2) is 4.60 Å². The van der Waals surface area contributed by atoms with E-state index in [1.54, 1.807) is 0 Å². The first-order valence-corrected chi connectivity index (χ1v) is 7.69. The van der Waals surface area contributed by atoms with Crippen LogP contribution in [-0.2, 0) is 19.4 Å². The van der Waals surface area contributed by atoms with Crippen LogP contribution in [-0.4, -0.2) is 47.2 Å². The molecule has 0 aliphatic carbocycles. The lowest BCUT2D eigenvalue weighted by atomic mass is 10.1. The Hall–Kier alpha value is -0.390. The zero-order valence-corrected chi connectivity index (χ0v) is 12.5. The summed E-state index contributed by atoms with van der Waals surface area (Å²) in [7, 11) is 2.20. The summed E-state index contributed by atoms with van der Waals surface area (Å²) < 4.78 is 3.51. The zero-order chi connectivity index (χ0) is 12.5. The number of halogens is 1. The number of fused-ring (bicyclic) bond motifs is 1. The van der Waals surface area contributed by atoms with E-state index in [4.69, 9.17) is 4.98 Å². The van der Waals surface area contributed by atoms with Gasteiger partial charge in [-0.25, -0.2) is 4.98 Å². The predicted molar refractivity (Wildman–Crippen MR) is 75.9 cm³/mol. The minimum absolute atomic E-state index is 0.545. The van der Waals surface area contributed by atoms with Gasteiger partial charge in [-0.05, 0) is 42.2 Å². The molecule has 1 aromatic rings. The standard InChI is InChI=1S/C13H21BrN4/c1-17-7-5-15-10(9-17)8-12-16-13(14)11-4-2-3-6-18(11)12/h10,15H,2-9H2,1H3. The molecule has 0 aromatic carbocycles. The van der Waals surface area contributed by atoms with Crippen molar-refractivity contribution in [1.82, 2.24) is 19.8 Å². The van der Waals surface area contributed by atoms with Gasteiger partial charge in [-0.1, -0.05) is 0 Å². The van der Waals surface area contributed by atoms with Gasteiger partial charge in [0, 0.05) is 38.6 Å². The number of rotatable bonds is 2. The number of nitrogens with one attached hydrogen (secondary N) is 1. The number of likely N-dealkylation sites (N-methyl/N-ethyl adjacent to an activating group) is 1. The van der Waals surface area contributed by atoms with Gasteiger partial charge < -0.3 is 14.8 Å². The van der Waals surface area contributed by atoms with Crippen LogP contribution in [0.25, 0.3) is 0 Å². The van der Waals surface area contributed by atoms with Crippen LogP contribution in [0.4, 0.5) is 0 Å². The first kappa shape index (κ1) is 12.6. The van der Waals surface area contributed by atoms with Crippen molar-refractivity contribution in [2.24, 2.45) is 0 Å². The van der Waals surface area contributed by atoms with Crippen LogP contribution in [0, 0.1) is 0 Å². The molecule has 4 nitrogen and oxygen atoms in total. The molecule has 18 heavy (non-hydrogen) atoms. The molecule has 1 fully saturated rings. The molecule has 3 heterocycles. The van der Waals surface area contributed by atoms with E-state index in [0.717, 1.165) is 37.2 Å². The molecule has 100 valence electrons. The fraction of sp³-hybridized carbons (Fsp3) is 0.769. The highest BCUT2D eigenvalue weighted by molar-refractivity contribution is 9.10. The summed E-state index contributed by atoms with van der Waals surface area (Å²) in [6.45, 7) is 4.52. The summed E-state index contributed by atoms with van der Waals surface area (Å²) in [5.41, 5.74) is 1.40. The SMILES string of the molecule is CN1CCNC(Cc2nc(Br)c3n2CCCC3)C1. The van der Waals surface area contributed by atoms with E-state index in [9.17, 15) is 0 Å². The Kier molecular flexibility index (Phi) is 3.73. The van der Waals surface area contributed by atoms with Crippen LogP contribution in [0.2, 0.25) is 0 Å². The number of piperazine rings is 1. The molecule has 5 heteroatoms. The first-order chi connectivity index (χ1) is 8.74. The van der Waals surface area contributed by atoms with E-state index < -0.39 is 0 Å². The second kappa shape index (κ2) is 5.31. The number of nitrogens with zero attached hydrogens (tertiary/aromatic N) is 3. The molecule has 0 amide bonds. The molecular weight excluding hydrogens is 292 g/mol. The monoisotopic (exact) mass is 312 g/mol. The number of hydrogen-bond acceptors (Lipinski definition) is 3. The molecule has 0 radical (unpaired) electrons. The molecular formula is C13H21BrN4. The van der Waals surface area contributed by atoms with E-state index in [1.807, 2.05) is 0 Å². The predicted octanol–water partition coefficient (Wildman–Crippen LogP) is 1.43. The van der Waals surface area contributed by atoms with Gasteiger partial charge >= 0.3 is 0 Å². The van der Waals surface area contributed by atoms with Gasteiger partial charge in [-0.2, -0.15) is 0 Å². The van der Waals surface area contributed by atoms with Gasteiger partial charge in [-0.3, -0.25) is 0 Å². The fourth-order valence-electron chi connectivity index (χ4n) is 3.07. The van der Waals surface area contributed by atoms with Crippen molar-refractivity contribution < 1.29 is 0 Å². The molecule has 0 saturated carbocycles. The lowest BCUT2D eigenvalue weighted by molar-refractivity contribution is 0.235. The summed E-state index contributed by atoms with van der Waals surface area (Å²) >= 11 is 3.62. The van der Waals surface area contributed by atoms with E-state index >= 15 is 0 Å². The Morgan fingerprint density at radius 3 is 3.11 bits per heavy atom. The summed E-state index contributed by atoms with van der Waals surface area (Å²) in [6.07, 6.45) is 4.81. The van der Waals surface area contributed by atoms with Crippen molar-refractivity contribution in [3.63, 3.8) is 0 Å². The molecule has 1 aromatic heterocycles. The minimum Gasteiger partial charge on any atom is -0.331 e. The van der Waals surface area contributed by atoms with Crippen LogP contribution >= 0.6 is 15.9 Å². The molecule has 1 unspecified atom stereocenters. The molecule has 2 aliphatic rings. The topological polar surface area (TPSA) is 33.1 Å². The van der Waals surface area contributed by atoms with Crippen molar-refractivity contribution in [3.05, 3.63) is 16.1 Å². The summed E-state index contributed by atoms with van der Waals surface area (Å²) in [6, 6.07) is 0.545. The van der Waals surface area contributed by atoms with Crippen LogP contribution in [0.3, 0.4) is 0 Å². The van der Waals surface area contributed by atoms with Crippen LogP contribution in [0.1, 0.15) is 24.4 Å². The molecule has 1 saturated heterocycles. The average Bonchev–Trinajstić information content (AvgIpc) is 2.67. The Labute approximate surface area is 117 Å². The highest BCUT2D eigenvalue weighted by atomic mass is 79.9. The van der Waals surface area contributed by atoms with Crippen molar-refractivity contribution in [1.29, 1.82) is 0 Å². The molecule has 2 aliphatic heterocycles. The summed E-state index contributed by atoms with van der Waals surface area (Å²) in [4.78, 5) is 7.13. The van der Waals surface area contributed by atoms with Gasteiger partial charge in [0.1, 0.15) is 10.4 Å². The highest BCUT2D eigenvalue weighted by Gasteiger charge is 2.23. The second-order valence-corrected chi connectivity index (χ2v) is 6.24. The van der Waals surface area contributed by atoms with Gasteiger partial charge in [0.25, 0.3) is 0 Å².